The third-order valence-electron chi connectivity index (χ3n) is 5.71. The minimum Gasteiger partial charge on any atom is -0.366 e. The number of rotatable bonds is 6. The number of allylic oxidation sites excluding steroid dienone is 1. The topological polar surface area (TPSA) is 115 Å². The largest absolute Gasteiger partial charge is 0.366 e. The fraction of sp³-hybridized carbons (Fsp3) is 0.304. The predicted octanol–water partition coefficient (Wildman–Crippen LogP) is 3.93. The Kier molecular flexibility index (Phi) is 6.67. The van der Waals surface area contributed by atoms with E-state index in [9.17, 15) is 23.3 Å². The van der Waals surface area contributed by atoms with Gasteiger partial charge in [-0.05, 0) is 49.6 Å². The van der Waals surface area contributed by atoms with Gasteiger partial charge in [-0.25, -0.2) is 8.42 Å². The summed E-state index contributed by atoms with van der Waals surface area (Å²) in [6.07, 6.45) is 5.84. The predicted molar refractivity (Wildman–Crippen MR) is 132 cm³/mol. The van der Waals surface area contributed by atoms with Gasteiger partial charge in [0.25, 0.3) is 11.6 Å². The van der Waals surface area contributed by atoms with E-state index in [-0.39, 0.29) is 16.1 Å². The van der Waals surface area contributed by atoms with Crippen LogP contribution in [0.3, 0.4) is 0 Å². The van der Waals surface area contributed by atoms with Crippen LogP contribution < -0.4 is 9.70 Å². The molecule has 2 heterocycles. The van der Waals surface area contributed by atoms with Crippen LogP contribution in [0.5, 0.6) is 0 Å². The molecular weight excluding hydrogens is 476 g/mol. The van der Waals surface area contributed by atoms with Crippen LogP contribution in [0.1, 0.15) is 29.6 Å². The summed E-state index contributed by atoms with van der Waals surface area (Å²) in [6, 6.07) is 9.20. The highest BCUT2D eigenvalue weighted by molar-refractivity contribution is 7.90. The van der Waals surface area contributed by atoms with E-state index in [2.05, 4.69) is 11.6 Å². The van der Waals surface area contributed by atoms with E-state index in [1.54, 1.807) is 34.9 Å². The molecule has 0 saturated carbocycles. The molecule has 0 aliphatic carbocycles. The van der Waals surface area contributed by atoms with E-state index in [1.165, 1.54) is 23.5 Å². The lowest BCUT2D eigenvalue weighted by molar-refractivity contribution is -0.384. The zero-order valence-corrected chi connectivity index (χ0v) is 20.3. The molecule has 4 rings (SSSR count). The Morgan fingerprint density at radius 2 is 1.94 bits per heavy atom. The molecule has 11 heteroatoms. The molecule has 34 heavy (non-hydrogen) atoms. The first-order valence-electron chi connectivity index (χ1n) is 10.8. The van der Waals surface area contributed by atoms with Crippen LogP contribution in [0.2, 0.25) is 0 Å². The lowest BCUT2D eigenvalue weighted by Gasteiger charge is -2.28. The standard InChI is InChI=1S/C23H24N4O5S2/c1-3-11-26-19-10-8-17(34(2,31)32)15-21(19)33-23(26)24-22(28)16-7-9-18(20(14-16)27(29)30)25-12-5-4-6-13-25/h3,7-10,14-15H,1,4-6,11-13H2,2H3. The van der Waals surface area contributed by atoms with Crippen molar-refractivity contribution in [3.8, 4) is 0 Å². The Hall–Kier alpha value is -3.31. The van der Waals surface area contributed by atoms with Crippen molar-refractivity contribution >= 4 is 48.7 Å². The number of carbonyl (C=O) groups excluding carboxylic acids is 1. The van der Waals surface area contributed by atoms with Gasteiger partial charge in [-0.15, -0.1) is 6.58 Å². The summed E-state index contributed by atoms with van der Waals surface area (Å²) in [5.74, 6) is -0.610. The Balaban J connectivity index is 1.77. The van der Waals surface area contributed by atoms with Crippen molar-refractivity contribution in [1.29, 1.82) is 0 Å². The summed E-state index contributed by atoms with van der Waals surface area (Å²) in [5, 5.41) is 11.7. The van der Waals surface area contributed by atoms with E-state index in [0.29, 0.717) is 21.7 Å². The molecule has 178 valence electrons. The Bertz CT molecular complexity index is 1460. The van der Waals surface area contributed by atoms with Gasteiger partial charge in [0.2, 0.25) is 0 Å². The smallest absolute Gasteiger partial charge is 0.293 e. The number of piperidine rings is 1. The first-order valence-corrected chi connectivity index (χ1v) is 13.5. The summed E-state index contributed by atoms with van der Waals surface area (Å²) in [5.41, 5.74) is 1.23. The van der Waals surface area contributed by atoms with Gasteiger partial charge in [-0.1, -0.05) is 17.4 Å². The molecule has 1 fully saturated rings. The van der Waals surface area contributed by atoms with Crippen LogP contribution in [0.25, 0.3) is 10.2 Å². The number of carbonyl (C=O) groups is 1. The number of benzene rings is 2. The number of anilines is 1. The molecule has 0 atom stereocenters. The molecule has 0 unspecified atom stereocenters. The van der Waals surface area contributed by atoms with Crippen molar-refractivity contribution in [3.05, 3.63) is 69.5 Å². The van der Waals surface area contributed by atoms with Gasteiger partial charge in [0.05, 0.1) is 20.0 Å². The van der Waals surface area contributed by atoms with Crippen molar-refractivity contribution in [2.45, 2.75) is 30.7 Å². The minimum atomic E-state index is -3.39. The minimum absolute atomic E-state index is 0.115. The Morgan fingerprint density at radius 1 is 1.21 bits per heavy atom. The van der Waals surface area contributed by atoms with Gasteiger partial charge in [-0.3, -0.25) is 14.9 Å². The lowest BCUT2D eigenvalue weighted by atomic mass is 10.1. The Labute approximate surface area is 200 Å². The fourth-order valence-corrected chi connectivity index (χ4v) is 5.83. The van der Waals surface area contributed by atoms with Crippen molar-refractivity contribution < 1.29 is 18.1 Å². The third kappa shape index (κ3) is 4.80. The van der Waals surface area contributed by atoms with Crippen LogP contribution in [0, 0.1) is 10.1 Å². The van der Waals surface area contributed by atoms with Gasteiger partial charge in [0.1, 0.15) is 5.69 Å². The number of nitro groups is 1. The van der Waals surface area contributed by atoms with Crippen LogP contribution in [0.4, 0.5) is 11.4 Å². The van der Waals surface area contributed by atoms with Crippen molar-refractivity contribution in [3.63, 3.8) is 0 Å². The zero-order chi connectivity index (χ0) is 24.5. The van der Waals surface area contributed by atoms with E-state index in [4.69, 9.17) is 0 Å². The highest BCUT2D eigenvalue weighted by atomic mass is 32.2. The highest BCUT2D eigenvalue weighted by Gasteiger charge is 2.23. The van der Waals surface area contributed by atoms with E-state index >= 15 is 0 Å². The molecule has 1 aliphatic heterocycles. The van der Waals surface area contributed by atoms with Crippen LogP contribution in [0.15, 0.2) is 58.9 Å². The number of aromatic nitrogens is 1. The highest BCUT2D eigenvalue weighted by Crippen LogP contribution is 2.31. The van der Waals surface area contributed by atoms with Gasteiger partial charge in [0.15, 0.2) is 14.6 Å². The van der Waals surface area contributed by atoms with E-state index < -0.39 is 20.7 Å². The van der Waals surface area contributed by atoms with Crippen molar-refractivity contribution in [1.82, 2.24) is 4.57 Å². The molecule has 1 aromatic heterocycles. The number of thiazole rings is 1. The molecule has 0 spiro atoms. The molecule has 2 aromatic carbocycles. The monoisotopic (exact) mass is 500 g/mol. The zero-order valence-electron chi connectivity index (χ0n) is 18.6. The number of hydrogen-bond donors (Lipinski definition) is 0. The lowest BCUT2D eigenvalue weighted by Crippen LogP contribution is -2.30. The molecule has 9 nitrogen and oxygen atoms in total. The van der Waals surface area contributed by atoms with E-state index in [0.717, 1.165) is 44.1 Å². The second kappa shape index (κ2) is 9.51. The maximum atomic E-state index is 13.0. The number of nitro benzene ring substituents is 1. The molecular formula is C23H24N4O5S2. The average molecular weight is 501 g/mol. The fourth-order valence-electron chi connectivity index (χ4n) is 4.03. The summed E-state index contributed by atoms with van der Waals surface area (Å²) >= 11 is 1.17. The van der Waals surface area contributed by atoms with Gasteiger partial charge in [-0.2, -0.15) is 4.99 Å². The maximum Gasteiger partial charge on any atom is 0.293 e. The summed E-state index contributed by atoms with van der Waals surface area (Å²) < 4.78 is 26.3. The second-order valence-electron chi connectivity index (χ2n) is 8.11. The first kappa shape index (κ1) is 23.8. The Morgan fingerprint density at radius 3 is 2.59 bits per heavy atom. The van der Waals surface area contributed by atoms with Gasteiger partial charge >= 0.3 is 0 Å². The number of sulfone groups is 1. The molecule has 1 aliphatic rings. The summed E-state index contributed by atoms with van der Waals surface area (Å²) in [6.45, 7) is 5.60. The normalized spacial score (nSPS) is 15.0. The van der Waals surface area contributed by atoms with Crippen LogP contribution in [-0.2, 0) is 16.4 Å². The molecule has 1 amide bonds. The van der Waals surface area contributed by atoms with Gasteiger partial charge < -0.3 is 9.47 Å². The maximum absolute atomic E-state index is 13.0. The van der Waals surface area contributed by atoms with Crippen molar-refractivity contribution in [2.24, 2.45) is 4.99 Å². The SMILES string of the molecule is C=CCn1c(=NC(=O)c2ccc(N3CCCCC3)c([N+](=O)[O-])c2)sc2cc(S(C)(=O)=O)ccc21. The quantitative estimate of drug-likeness (QED) is 0.288. The molecule has 0 radical (unpaired) electrons. The summed E-state index contributed by atoms with van der Waals surface area (Å²) in [7, 11) is -3.39. The van der Waals surface area contributed by atoms with Crippen molar-refractivity contribution in [2.75, 3.05) is 24.2 Å². The number of amides is 1. The van der Waals surface area contributed by atoms with Gasteiger partial charge in [0, 0.05) is 37.5 Å². The summed E-state index contributed by atoms with van der Waals surface area (Å²) in [4.78, 5) is 31.0. The number of hydrogen-bond acceptors (Lipinski definition) is 7. The number of fused-ring (bicyclic) bond motifs is 1. The third-order valence-corrected chi connectivity index (χ3v) is 7.86. The average Bonchev–Trinajstić information content (AvgIpc) is 3.15. The van der Waals surface area contributed by atoms with Crippen LogP contribution >= 0.6 is 11.3 Å². The molecule has 0 N–H and O–H groups in total. The first-order chi connectivity index (χ1) is 16.2. The van der Waals surface area contributed by atoms with Crippen LogP contribution in [-0.4, -0.2) is 43.2 Å². The van der Waals surface area contributed by atoms with E-state index in [1.807, 2.05) is 4.90 Å². The molecule has 3 aromatic rings. The molecule has 1 saturated heterocycles. The molecule has 0 bridgehead atoms. The second-order valence-corrected chi connectivity index (χ2v) is 11.1. The number of nitrogens with zero attached hydrogens (tertiary/aromatic N) is 4.